The van der Waals surface area contributed by atoms with Crippen LogP contribution in [0.2, 0.25) is 10.0 Å². The first-order valence-electron chi connectivity index (χ1n) is 7.46. The predicted octanol–water partition coefficient (Wildman–Crippen LogP) is 4.03. The number of likely N-dealkylation sites (N-methyl/N-ethyl adjacent to an activating group) is 1. The molecule has 0 aliphatic carbocycles. The van der Waals surface area contributed by atoms with Gasteiger partial charge in [-0.2, -0.15) is 0 Å². The molecule has 0 saturated carbocycles. The maximum atomic E-state index is 12.4. The molecule has 0 aromatic heterocycles. The van der Waals surface area contributed by atoms with Crippen molar-refractivity contribution in [2.45, 2.75) is 6.04 Å². The molecular weight excluding hydrogens is 347 g/mol. The van der Waals surface area contributed by atoms with Crippen LogP contribution >= 0.6 is 23.2 Å². The lowest BCUT2D eigenvalue weighted by Gasteiger charge is -2.25. The van der Waals surface area contributed by atoms with E-state index in [0.29, 0.717) is 22.2 Å². The quantitative estimate of drug-likeness (QED) is 0.838. The third-order valence-corrected chi connectivity index (χ3v) is 4.30. The molecule has 0 saturated heterocycles. The Kier molecular flexibility index (Phi) is 6.49. The van der Waals surface area contributed by atoms with E-state index in [2.05, 4.69) is 5.32 Å². The maximum Gasteiger partial charge on any atom is 0.252 e. The summed E-state index contributed by atoms with van der Waals surface area (Å²) in [6.07, 6.45) is 0. The summed E-state index contributed by atoms with van der Waals surface area (Å²) in [5.74, 6) is 0.574. The molecule has 24 heavy (non-hydrogen) atoms. The van der Waals surface area contributed by atoms with Gasteiger partial charge in [0, 0.05) is 11.6 Å². The van der Waals surface area contributed by atoms with E-state index in [0.717, 1.165) is 11.3 Å². The predicted molar refractivity (Wildman–Crippen MR) is 98.2 cm³/mol. The second-order valence-corrected chi connectivity index (χ2v) is 6.43. The summed E-state index contributed by atoms with van der Waals surface area (Å²) in [4.78, 5) is 14.4. The Morgan fingerprint density at radius 3 is 2.38 bits per heavy atom. The summed E-state index contributed by atoms with van der Waals surface area (Å²) in [5.41, 5.74) is 1.50. The first kappa shape index (κ1) is 18.6. The van der Waals surface area contributed by atoms with Crippen LogP contribution in [0.15, 0.2) is 42.5 Å². The van der Waals surface area contributed by atoms with E-state index in [1.807, 2.05) is 43.3 Å². The normalized spacial score (nSPS) is 12.1. The highest BCUT2D eigenvalue weighted by Crippen LogP contribution is 2.23. The van der Waals surface area contributed by atoms with E-state index >= 15 is 0 Å². The van der Waals surface area contributed by atoms with Gasteiger partial charge >= 0.3 is 0 Å². The standard InChI is InChI=1S/C18H20Cl2N2O2/c1-22(2)17(12-4-7-14(24-3)8-5-12)11-21-18(23)15-9-6-13(19)10-16(15)20/h4-10,17H,11H2,1-3H3,(H,21,23). The smallest absolute Gasteiger partial charge is 0.252 e. The number of hydrogen-bond donors (Lipinski definition) is 1. The first-order valence-corrected chi connectivity index (χ1v) is 8.21. The van der Waals surface area contributed by atoms with Crippen molar-refractivity contribution in [1.29, 1.82) is 0 Å². The average molecular weight is 367 g/mol. The van der Waals surface area contributed by atoms with Crippen LogP contribution in [0.1, 0.15) is 22.0 Å². The fourth-order valence-corrected chi connectivity index (χ4v) is 2.88. The first-order chi connectivity index (χ1) is 11.4. The van der Waals surface area contributed by atoms with E-state index in [1.54, 1.807) is 25.3 Å². The number of carbonyl (C=O) groups is 1. The highest BCUT2D eigenvalue weighted by molar-refractivity contribution is 6.36. The number of methoxy groups -OCH3 is 1. The topological polar surface area (TPSA) is 41.6 Å². The zero-order valence-electron chi connectivity index (χ0n) is 13.8. The Morgan fingerprint density at radius 1 is 1.17 bits per heavy atom. The number of benzene rings is 2. The van der Waals surface area contributed by atoms with E-state index < -0.39 is 0 Å². The molecule has 4 nitrogen and oxygen atoms in total. The minimum atomic E-state index is -0.225. The van der Waals surface area contributed by atoms with Crippen LogP contribution in [0.3, 0.4) is 0 Å². The molecule has 2 rings (SSSR count). The fourth-order valence-electron chi connectivity index (χ4n) is 2.38. The molecule has 0 bridgehead atoms. The van der Waals surface area contributed by atoms with Crippen LogP contribution in [-0.2, 0) is 0 Å². The summed E-state index contributed by atoms with van der Waals surface area (Å²) >= 11 is 11.9. The van der Waals surface area contributed by atoms with Crippen LogP contribution < -0.4 is 10.1 Å². The van der Waals surface area contributed by atoms with Gasteiger partial charge < -0.3 is 15.0 Å². The Bertz CT molecular complexity index is 703. The van der Waals surface area contributed by atoms with E-state index in [1.165, 1.54) is 0 Å². The molecule has 128 valence electrons. The van der Waals surface area contributed by atoms with Crippen molar-refractivity contribution in [2.24, 2.45) is 0 Å². The molecule has 2 aromatic carbocycles. The van der Waals surface area contributed by atoms with E-state index in [-0.39, 0.29) is 11.9 Å². The van der Waals surface area contributed by atoms with Crippen molar-refractivity contribution in [3.8, 4) is 5.75 Å². The van der Waals surface area contributed by atoms with Crippen LogP contribution in [0.25, 0.3) is 0 Å². The van der Waals surface area contributed by atoms with Crippen molar-refractivity contribution < 1.29 is 9.53 Å². The SMILES string of the molecule is COc1ccc(C(CNC(=O)c2ccc(Cl)cc2Cl)N(C)C)cc1. The van der Waals surface area contributed by atoms with Crippen molar-refractivity contribution in [3.05, 3.63) is 63.6 Å². The molecule has 1 atom stereocenters. The summed E-state index contributed by atoms with van der Waals surface area (Å²) in [5, 5.41) is 3.77. The van der Waals surface area contributed by atoms with Gasteiger partial charge in [0.05, 0.1) is 23.7 Å². The minimum Gasteiger partial charge on any atom is -0.497 e. The minimum absolute atomic E-state index is 0.0333. The molecule has 2 aromatic rings. The van der Waals surface area contributed by atoms with Crippen LogP contribution in [-0.4, -0.2) is 38.6 Å². The molecule has 1 unspecified atom stereocenters. The van der Waals surface area contributed by atoms with Gasteiger partial charge in [0.1, 0.15) is 5.75 Å². The Labute approximate surface area is 152 Å². The van der Waals surface area contributed by atoms with E-state index in [9.17, 15) is 4.79 Å². The Morgan fingerprint density at radius 2 is 1.83 bits per heavy atom. The third kappa shape index (κ3) is 4.63. The van der Waals surface area contributed by atoms with Gasteiger partial charge in [-0.15, -0.1) is 0 Å². The molecule has 0 radical (unpaired) electrons. The van der Waals surface area contributed by atoms with Gasteiger partial charge in [0.2, 0.25) is 0 Å². The number of ether oxygens (including phenoxy) is 1. The summed E-state index contributed by atoms with van der Waals surface area (Å²) in [7, 11) is 5.57. The van der Waals surface area contributed by atoms with Crippen molar-refractivity contribution in [2.75, 3.05) is 27.7 Å². The van der Waals surface area contributed by atoms with Gasteiger partial charge in [-0.1, -0.05) is 35.3 Å². The number of nitrogens with one attached hydrogen (secondary N) is 1. The lowest BCUT2D eigenvalue weighted by atomic mass is 10.1. The number of halogens is 2. The molecule has 0 aliphatic heterocycles. The Balaban J connectivity index is 2.09. The number of carbonyl (C=O) groups excluding carboxylic acids is 1. The lowest BCUT2D eigenvalue weighted by molar-refractivity contribution is 0.0942. The van der Waals surface area contributed by atoms with Crippen LogP contribution in [0.5, 0.6) is 5.75 Å². The van der Waals surface area contributed by atoms with Gasteiger partial charge in [-0.05, 0) is 50.0 Å². The second-order valence-electron chi connectivity index (χ2n) is 5.59. The van der Waals surface area contributed by atoms with Crippen LogP contribution in [0, 0.1) is 0 Å². The second kappa shape index (κ2) is 8.38. The number of nitrogens with zero attached hydrogens (tertiary/aromatic N) is 1. The molecule has 1 amide bonds. The monoisotopic (exact) mass is 366 g/mol. The summed E-state index contributed by atoms with van der Waals surface area (Å²) in [6.45, 7) is 0.455. The Hall–Kier alpha value is -1.75. The largest absolute Gasteiger partial charge is 0.497 e. The fraction of sp³-hybridized carbons (Fsp3) is 0.278. The summed E-state index contributed by atoms with van der Waals surface area (Å²) in [6, 6.07) is 12.7. The number of amides is 1. The number of hydrogen-bond acceptors (Lipinski definition) is 3. The zero-order valence-corrected chi connectivity index (χ0v) is 15.4. The average Bonchev–Trinajstić information content (AvgIpc) is 2.55. The maximum absolute atomic E-state index is 12.4. The van der Waals surface area contributed by atoms with Gasteiger partial charge in [-0.3, -0.25) is 4.79 Å². The van der Waals surface area contributed by atoms with Gasteiger partial charge in [-0.25, -0.2) is 0 Å². The molecule has 0 aliphatic rings. The van der Waals surface area contributed by atoms with Gasteiger partial charge in [0.25, 0.3) is 5.91 Å². The number of rotatable bonds is 6. The molecule has 6 heteroatoms. The zero-order chi connectivity index (χ0) is 17.7. The molecule has 1 N–H and O–H groups in total. The van der Waals surface area contributed by atoms with Crippen molar-refractivity contribution in [3.63, 3.8) is 0 Å². The van der Waals surface area contributed by atoms with Gasteiger partial charge in [0.15, 0.2) is 0 Å². The van der Waals surface area contributed by atoms with E-state index in [4.69, 9.17) is 27.9 Å². The molecular formula is C18H20Cl2N2O2. The van der Waals surface area contributed by atoms with Crippen molar-refractivity contribution in [1.82, 2.24) is 10.2 Å². The highest BCUT2D eigenvalue weighted by Gasteiger charge is 2.17. The lowest BCUT2D eigenvalue weighted by Crippen LogP contribution is -2.34. The van der Waals surface area contributed by atoms with Crippen LogP contribution in [0.4, 0.5) is 0 Å². The third-order valence-electron chi connectivity index (χ3n) is 3.76. The summed E-state index contributed by atoms with van der Waals surface area (Å²) < 4.78 is 5.18. The molecule has 0 heterocycles. The molecule has 0 fully saturated rings. The van der Waals surface area contributed by atoms with Crippen molar-refractivity contribution >= 4 is 29.1 Å². The molecule has 0 spiro atoms. The highest BCUT2D eigenvalue weighted by atomic mass is 35.5.